The van der Waals surface area contributed by atoms with Gasteiger partial charge in [-0.25, -0.2) is 0 Å². The van der Waals surface area contributed by atoms with Gasteiger partial charge in [-0.2, -0.15) is 11.8 Å². The van der Waals surface area contributed by atoms with E-state index in [0.717, 1.165) is 50.1 Å². The highest BCUT2D eigenvalue weighted by molar-refractivity contribution is 14.0. The van der Waals surface area contributed by atoms with Crippen molar-refractivity contribution in [3.8, 4) is 0 Å². The van der Waals surface area contributed by atoms with Crippen molar-refractivity contribution in [3.63, 3.8) is 0 Å². The molecule has 1 aliphatic heterocycles. The highest BCUT2D eigenvalue weighted by atomic mass is 127. The molecule has 0 aromatic rings. The summed E-state index contributed by atoms with van der Waals surface area (Å²) >= 11 is 2.07. The summed E-state index contributed by atoms with van der Waals surface area (Å²) in [5, 5.41) is 14.1. The van der Waals surface area contributed by atoms with Crippen LogP contribution < -0.4 is 5.32 Å². The van der Waals surface area contributed by atoms with Crippen molar-refractivity contribution in [2.45, 2.75) is 44.0 Å². The first-order valence-electron chi connectivity index (χ1n) is 7.49. The van der Waals surface area contributed by atoms with Gasteiger partial charge in [0, 0.05) is 43.6 Å². The van der Waals surface area contributed by atoms with Gasteiger partial charge in [-0.05, 0) is 19.3 Å². The molecule has 3 atom stereocenters. The van der Waals surface area contributed by atoms with E-state index in [-0.39, 0.29) is 30.1 Å². The van der Waals surface area contributed by atoms with Crippen molar-refractivity contribution in [1.29, 1.82) is 0 Å². The Kier molecular flexibility index (Phi) is 8.59. The van der Waals surface area contributed by atoms with Crippen LogP contribution in [0.25, 0.3) is 0 Å². The summed E-state index contributed by atoms with van der Waals surface area (Å²) < 4.78 is 0. The minimum Gasteiger partial charge on any atom is -0.393 e. The van der Waals surface area contributed by atoms with Crippen molar-refractivity contribution in [2.24, 2.45) is 10.9 Å². The molecule has 3 unspecified atom stereocenters. The van der Waals surface area contributed by atoms with Crippen molar-refractivity contribution >= 4 is 41.7 Å². The molecule has 0 amide bonds. The van der Waals surface area contributed by atoms with Crippen LogP contribution in [0.3, 0.4) is 0 Å². The van der Waals surface area contributed by atoms with Gasteiger partial charge in [0.15, 0.2) is 5.96 Å². The van der Waals surface area contributed by atoms with Crippen LogP contribution >= 0.6 is 35.7 Å². The largest absolute Gasteiger partial charge is 0.393 e. The van der Waals surface area contributed by atoms with Crippen molar-refractivity contribution in [1.82, 2.24) is 10.2 Å². The molecule has 2 aliphatic rings. The summed E-state index contributed by atoms with van der Waals surface area (Å²) in [4.78, 5) is 6.77. The maximum Gasteiger partial charge on any atom is 0.193 e. The number of hydrogen-bond donors (Lipinski definition) is 2. The molecule has 2 fully saturated rings. The summed E-state index contributed by atoms with van der Waals surface area (Å²) in [5.41, 5.74) is 0. The Morgan fingerprint density at radius 2 is 2.25 bits per heavy atom. The zero-order valence-electron chi connectivity index (χ0n) is 12.5. The third kappa shape index (κ3) is 4.94. The van der Waals surface area contributed by atoms with E-state index in [4.69, 9.17) is 0 Å². The summed E-state index contributed by atoms with van der Waals surface area (Å²) in [7, 11) is 1.86. The van der Waals surface area contributed by atoms with E-state index in [1.807, 2.05) is 7.05 Å². The normalized spacial score (nSPS) is 31.1. The van der Waals surface area contributed by atoms with Crippen LogP contribution in [0.15, 0.2) is 4.99 Å². The molecule has 20 heavy (non-hydrogen) atoms. The first kappa shape index (κ1) is 18.4. The van der Waals surface area contributed by atoms with Gasteiger partial charge in [-0.15, -0.1) is 24.0 Å². The summed E-state index contributed by atoms with van der Waals surface area (Å²) in [6, 6.07) is 0. The number of rotatable bonds is 3. The number of thioether (sulfide) groups is 1. The Morgan fingerprint density at radius 1 is 1.45 bits per heavy atom. The fourth-order valence-electron chi connectivity index (χ4n) is 2.97. The van der Waals surface area contributed by atoms with Gasteiger partial charge in [-0.3, -0.25) is 4.99 Å². The van der Waals surface area contributed by atoms with Gasteiger partial charge in [0.2, 0.25) is 0 Å². The Labute approximate surface area is 144 Å². The van der Waals surface area contributed by atoms with Gasteiger partial charge in [0.05, 0.1) is 6.10 Å². The predicted octanol–water partition coefficient (Wildman–Crippen LogP) is 2.17. The predicted molar refractivity (Wildman–Crippen MR) is 98.2 cm³/mol. The maximum absolute atomic E-state index is 9.87. The number of halogens is 1. The van der Waals surface area contributed by atoms with Crippen LogP contribution in [-0.2, 0) is 0 Å². The van der Waals surface area contributed by atoms with Crippen molar-refractivity contribution in [3.05, 3.63) is 0 Å². The van der Waals surface area contributed by atoms with Gasteiger partial charge in [0.1, 0.15) is 0 Å². The maximum atomic E-state index is 9.87. The molecular formula is C14H28IN3OS. The standard InChI is InChI=1S/C14H27N3OS.HI/c1-3-12-10-17(7-8-19-12)14(15-2)16-9-11-5-4-6-13(11)18;/h11-13,18H,3-10H2,1-2H3,(H,15,16);1H. The first-order chi connectivity index (χ1) is 9.24. The third-order valence-corrected chi connectivity index (χ3v) is 5.62. The molecule has 0 radical (unpaired) electrons. The SMILES string of the molecule is CCC1CN(C(=NC)NCC2CCCC2O)CCS1.I. The van der Waals surface area contributed by atoms with Crippen LogP contribution in [0.2, 0.25) is 0 Å². The van der Waals surface area contributed by atoms with E-state index < -0.39 is 0 Å². The number of hydrogen-bond acceptors (Lipinski definition) is 3. The van der Waals surface area contributed by atoms with Crippen molar-refractivity contribution in [2.75, 3.05) is 32.4 Å². The molecule has 1 saturated carbocycles. The molecule has 4 nitrogen and oxygen atoms in total. The topological polar surface area (TPSA) is 47.9 Å². The average Bonchev–Trinajstić information content (AvgIpc) is 2.85. The lowest BCUT2D eigenvalue weighted by molar-refractivity contribution is 0.133. The highest BCUT2D eigenvalue weighted by Crippen LogP contribution is 2.25. The summed E-state index contributed by atoms with van der Waals surface area (Å²) in [5.74, 6) is 2.60. The fraction of sp³-hybridized carbons (Fsp3) is 0.929. The zero-order valence-corrected chi connectivity index (χ0v) is 15.7. The fourth-order valence-corrected chi connectivity index (χ4v) is 4.15. The Bertz CT molecular complexity index is 317. The molecule has 1 saturated heterocycles. The lowest BCUT2D eigenvalue weighted by atomic mass is 10.1. The Morgan fingerprint density at radius 3 is 2.85 bits per heavy atom. The monoisotopic (exact) mass is 413 g/mol. The first-order valence-corrected chi connectivity index (χ1v) is 8.54. The number of nitrogens with one attached hydrogen (secondary N) is 1. The number of nitrogens with zero attached hydrogens (tertiary/aromatic N) is 2. The molecular weight excluding hydrogens is 385 g/mol. The zero-order chi connectivity index (χ0) is 13.7. The molecule has 1 heterocycles. The Hall–Kier alpha value is 0.310. The van der Waals surface area contributed by atoms with Gasteiger partial charge >= 0.3 is 0 Å². The third-order valence-electron chi connectivity index (χ3n) is 4.25. The van der Waals surface area contributed by atoms with Crippen LogP contribution in [0.4, 0.5) is 0 Å². The molecule has 118 valence electrons. The van der Waals surface area contributed by atoms with E-state index >= 15 is 0 Å². The van der Waals surface area contributed by atoms with Gasteiger partial charge in [0.25, 0.3) is 0 Å². The molecule has 0 aromatic carbocycles. The van der Waals surface area contributed by atoms with Crippen LogP contribution in [0.5, 0.6) is 0 Å². The summed E-state index contributed by atoms with van der Waals surface area (Å²) in [6.45, 7) is 5.28. The van der Waals surface area contributed by atoms with Crippen LogP contribution in [-0.4, -0.2) is 59.8 Å². The minimum absolute atomic E-state index is 0. The molecule has 2 rings (SSSR count). The van der Waals surface area contributed by atoms with Crippen LogP contribution in [0, 0.1) is 5.92 Å². The minimum atomic E-state index is -0.120. The second-order valence-corrected chi connectivity index (χ2v) is 6.94. The number of guanidine groups is 1. The number of aliphatic hydroxyl groups excluding tert-OH is 1. The van der Waals surface area contributed by atoms with E-state index in [1.165, 1.54) is 12.2 Å². The van der Waals surface area contributed by atoms with E-state index in [1.54, 1.807) is 0 Å². The van der Waals surface area contributed by atoms with E-state index in [2.05, 4.69) is 33.9 Å². The number of aliphatic imine (C=N–C) groups is 1. The lowest BCUT2D eigenvalue weighted by Crippen LogP contribution is -2.49. The van der Waals surface area contributed by atoms with Gasteiger partial charge < -0.3 is 15.3 Å². The molecule has 0 bridgehead atoms. The van der Waals surface area contributed by atoms with E-state index in [0.29, 0.717) is 5.92 Å². The molecule has 0 aromatic heterocycles. The molecule has 6 heteroatoms. The molecule has 0 spiro atoms. The summed E-state index contributed by atoms with van der Waals surface area (Å²) in [6.07, 6.45) is 4.36. The average molecular weight is 413 g/mol. The molecule has 1 aliphatic carbocycles. The smallest absolute Gasteiger partial charge is 0.193 e. The number of aliphatic hydroxyl groups is 1. The van der Waals surface area contributed by atoms with E-state index in [9.17, 15) is 5.11 Å². The second kappa shape index (κ2) is 9.35. The van der Waals surface area contributed by atoms with Gasteiger partial charge in [-0.1, -0.05) is 13.3 Å². The Balaban J connectivity index is 0.00000200. The molecule has 2 N–H and O–H groups in total. The lowest BCUT2D eigenvalue weighted by Gasteiger charge is -2.34. The highest BCUT2D eigenvalue weighted by Gasteiger charge is 2.26. The van der Waals surface area contributed by atoms with Crippen LogP contribution in [0.1, 0.15) is 32.6 Å². The second-order valence-electron chi connectivity index (χ2n) is 5.53. The van der Waals surface area contributed by atoms with Crippen molar-refractivity contribution < 1.29 is 5.11 Å². The quantitative estimate of drug-likeness (QED) is 0.423.